The van der Waals surface area contributed by atoms with E-state index < -0.39 is 0 Å². The van der Waals surface area contributed by atoms with E-state index in [4.69, 9.17) is 0 Å². The van der Waals surface area contributed by atoms with E-state index in [1.807, 2.05) is 6.92 Å². The Morgan fingerprint density at radius 3 is 3.00 bits per heavy atom. The summed E-state index contributed by atoms with van der Waals surface area (Å²) in [6.45, 7) is 3.60. The summed E-state index contributed by atoms with van der Waals surface area (Å²) in [6, 6.07) is 0. The third kappa shape index (κ3) is 7.10. The molecule has 0 aromatic rings. The highest BCUT2D eigenvalue weighted by atomic mass is 16.6. The zero-order valence-corrected chi connectivity index (χ0v) is 7.04. The molecule has 0 aromatic heterocycles. The summed E-state index contributed by atoms with van der Waals surface area (Å²) in [7, 11) is 1.48. The van der Waals surface area contributed by atoms with Crippen LogP contribution in [0.1, 0.15) is 26.2 Å². The number of hydrogen-bond acceptors (Lipinski definition) is 3. The van der Waals surface area contributed by atoms with E-state index in [-0.39, 0.29) is 5.78 Å². The van der Waals surface area contributed by atoms with Crippen molar-refractivity contribution in [3.05, 3.63) is 0 Å². The zero-order chi connectivity index (χ0) is 8.53. The first kappa shape index (κ1) is 10.2. The predicted octanol–water partition coefficient (Wildman–Crippen LogP) is 1.42. The molecule has 11 heavy (non-hydrogen) atoms. The Bertz CT molecular complexity index is 136. The Balaban J connectivity index is 3.19. The predicted molar refractivity (Wildman–Crippen MR) is 45.7 cm³/mol. The van der Waals surface area contributed by atoms with Gasteiger partial charge in [0.2, 0.25) is 0 Å². The van der Waals surface area contributed by atoms with E-state index >= 15 is 0 Å². The molecule has 0 fully saturated rings. The lowest BCUT2D eigenvalue weighted by Crippen LogP contribution is -1.95. The monoisotopic (exact) mass is 154 g/mol. The van der Waals surface area contributed by atoms with Crippen molar-refractivity contribution in [2.45, 2.75) is 33.0 Å². The normalized spacial score (nSPS) is 10.0. The first-order valence-corrected chi connectivity index (χ1v) is 3.78. The molecule has 0 saturated heterocycles. The lowest BCUT2D eigenvalue weighted by Gasteiger charge is -1.91. The minimum absolute atomic E-state index is 0.261. The lowest BCUT2D eigenvalue weighted by atomic mass is 10.1. The summed E-state index contributed by atoms with van der Waals surface area (Å²) < 4.78 is 4.58. The molecule has 0 N–H and O–H groups in total. The van der Waals surface area contributed by atoms with E-state index in [2.05, 4.69) is 9.91 Å². The van der Waals surface area contributed by atoms with Gasteiger partial charge in [0.05, 0.1) is 0 Å². The van der Waals surface area contributed by atoms with E-state index in [9.17, 15) is 4.79 Å². The minimum atomic E-state index is 0.261. The molecule has 0 rings (SSSR count). The lowest BCUT2D eigenvalue weighted by molar-refractivity contribution is -0.118. The van der Waals surface area contributed by atoms with Gasteiger partial charge in [0.25, 0.3) is 0 Å². The third-order valence-electron chi connectivity index (χ3n) is 1.19. The van der Waals surface area contributed by atoms with Gasteiger partial charge in [-0.3, -0.25) is 4.79 Å². The summed E-state index contributed by atoms with van der Waals surface area (Å²) in [5, 5.41) is 3.56. The standard InChI is InChI=1S/C7H13BNO2/c1-3-7(10)5-4-6-9-11-8-2/h6H,3-5H2,1-2H3/b9-6+. The Kier molecular flexibility index (Phi) is 6.78. The molecule has 4 heteroatoms. The molecular formula is C7H13BNO2. The van der Waals surface area contributed by atoms with Gasteiger partial charge in [-0.1, -0.05) is 6.92 Å². The van der Waals surface area contributed by atoms with Crippen molar-refractivity contribution >= 4 is 19.5 Å². The second-order valence-corrected chi connectivity index (χ2v) is 2.06. The van der Waals surface area contributed by atoms with Crippen LogP contribution in [0.4, 0.5) is 0 Å². The van der Waals surface area contributed by atoms with Crippen molar-refractivity contribution in [1.82, 2.24) is 0 Å². The number of Topliss-reactive ketones (excluding diaryl/α,β-unsaturated/α-hetero) is 1. The molecule has 61 valence electrons. The van der Waals surface area contributed by atoms with Crippen LogP contribution in [-0.2, 0) is 9.55 Å². The van der Waals surface area contributed by atoms with Gasteiger partial charge >= 0.3 is 7.48 Å². The Morgan fingerprint density at radius 1 is 1.73 bits per heavy atom. The Hall–Kier alpha value is -0.795. The smallest absolute Gasteiger partial charge is 0.407 e. The molecule has 0 aliphatic rings. The maximum absolute atomic E-state index is 10.7. The van der Waals surface area contributed by atoms with Crippen LogP contribution in [0, 0.1) is 0 Å². The molecule has 0 aliphatic heterocycles. The maximum Gasteiger partial charge on any atom is 0.407 e. The van der Waals surface area contributed by atoms with Gasteiger partial charge in [0.1, 0.15) is 5.78 Å². The topological polar surface area (TPSA) is 38.7 Å². The quantitative estimate of drug-likeness (QED) is 0.329. The van der Waals surface area contributed by atoms with Crippen molar-refractivity contribution in [2.24, 2.45) is 5.16 Å². The second-order valence-electron chi connectivity index (χ2n) is 2.06. The summed E-state index contributed by atoms with van der Waals surface area (Å²) in [4.78, 5) is 10.7. The van der Waals surface area contributed by atoms with E-state index in [1.165, 1.54) is 7.48 Å². The van der Waals surface area contributed by atoms with Gasteiger partial charge in [-0.15, -0.1) is 5.16 Å². The fraction of sp³-hybridized carbons (Fsp3) is 0.714. The first-order chi connectivity index (χ1) is 5.31. The maximum atomic E-state index is 10.7. The van der Waals surface area contributed by atoms with E-state index in [0.29, 0.717) is 19.3 Å². The largest absolute Gasteiger partial charge is 0.475 e. The summed E-state index contributed by atoms with van der Waals surface area (Å²) in [5.74, 6) is 0.261. The molecule has 0 amide bonds. The third-order valence-corrected chi connectivity index (χ3v) is 1.19. The van der Waals surface area contributed by atoms with Gasteiger partial charge in [0, 0.05) is 19.1 Å². The van der Waals surface area contributed by atoms with Gasteiger partial charge in [-0.2, -0.15) is 0 Å². The Labute approximate surface area is 68.1 Å². The van der Waals surface area contributed by atoms with Crippen LogP contribution in [0.5, 0.6) is 0 Å². The van der Waals surface area contributed by atoms with Crippen LogP contribution in [0.15, 0.2) is 5.16 Å². The number of nitrogens with zero attached hydrogens (tertiary/aromatic N) is 1. The van der Waals surface area contributed by atoms with Crippen LogP contribution in [-0.4, -0.2) is 19.5 Å². The van der Waals surface area contributed by atoms with Crippen molar-refractivity contribution in [3.63, 3.8) is 0 Å². The number of rotatable bonds is 6. The minimum Gasteiger partial charge on any atom is -0.475 e. The highest BCUT2D eigenvalue weighted by Crippen LogP contribution is 1.91. The number of carbonyl (C=O) groups is 1. The molecule has 0 aliphatic carbocycles. The van der Waals surface area contributed by atoms with Crippen LogP contribution < -0.4 is 0 Å². The Morgan fingerprint density at radius 2 is 2.45 bits per heavy atom. The summed E-state index contributed by atoms with van der Waals surface area (Å²) in [5.41, 5.74) is 0. The van der Waals surface area contributed by atoms with Gasteiger partial charge in [0.15, 0.2) is 0 Å². The number of ketones is 1. The van der Waals surface area contributed by atoms with Gasteiger partial charge < -0.3 is 4.76 Å². The van der Waals surface area contributed by atoms with Crippen molar-refractivity contribution in [3.8, 4) is 0 Å². The molecule has 3 nitrogen and oxygen atoms in total. The molecule has 0 unspecified atom stereocenters. The molecule has 0 spiro atoms. The van der Waals surface area contributed by atoms with Crippen molar-refractivity contribution in [2.75, 3.05) is 0 Å². The number of oxime groups is 1. The molecule has 1 radical (unpaired) electrons. The molecule has 0 heterocycles. The number of hydrogen-bond donors (Lipinski definition) is 0. The number of carbonyl (C=O) groups excluding carboxylic acids is 1. The van der Waals surface area contributed by atoms with E-state index in [1.54, 1.807) is 13.0 Å². The molecule has 0 aromatic carbocycles. The first-order valence-electron chi connectivity index (χ1n) is 3.78. The average molecular weight is 154 g/mol. The van der Waals surface area contributed by atoms with Crippen LogP contribution in [0.2, 0.25) is 6.82 Å². The van der Waals surface area contributed by atoms with Crippen LogP contribution in [0.3, 0.4) is 0 Å². The van der Waals surface area contributed by atoms with E-state index in [0.717, 1.165) is 0 Å². The summed E-state index contributed by atoms with van der Waals surface area (Å²) >= 11 is 0. The fourth-order valence-corrected chi connectivity index (χ4v) is 0.559. The molecule has 0 bridgehead atoms. The molecule has 0 atom stereocenters. The highest BCUT2D eigenvalue weighted by Gasteiger charge is 1.94. The van der Waals surface area contributed by atoms with Crippen LogP contribution >= 0.6 is 0 Å². The van der Waals surface area contributed by atoms with Gasteiger partial charge in [-0.05, 0) is 13.2 Å². The molecular weight excluding hydrogens is 141 g/mol. The highest BCUT2D eigenvalue weighted by molar-refractivity contribution is 6.24. The zero-order valence-electron chi connectivity index (χ0n) is 7.04. The van der Waals surface area contributed by atoms with Crippen molar-refractivity contribution in [1.29, 1.82) is 0 Å². The fourth-order valence-electron chi connectivity index (χ4n) is 0.559. The molecule has 0 saturated carbocycles. The van der Waals surface area contributed by atoms with Gasteiger partial charge in [-0.25, -0.2) is 0 Å². The average Bonchev–Trinajstić information content (AvgIpc) is 2.04. The van der Waals surface area contributed by atoms with Crippen molar-refractivity contribution < 1.29 is 9.55 Å². The SMILES string of the molecule is C[B]O/N=C/CCC(=O)CC. The van der Waals surface area contributed by atoms with Crippen LogP contribution in [0.25, 0.3) is 0 Å². The summed E-state index contributed by atoms with van der Waals surface area (Å²) in [6.07, 6.45) is 3.44. The second kappa shape index (κ2) is 7.31.